The molecular weight excluding hydrogens is 324 g/mol. The molecule has 0 spiro atoms. The van der Waals surface area contributed by atoms with E-state index in [9.17, 15) is 9.59 Å². The van der Waals surface area contributed by atoms with Crippen LogP contribution in [0.3, 0.4) is 0 Å². The maximum Gasteiger partial charge on any atom is 0.255 e. The van der Waals surface area contributed by atoms with Crippen molar-refractivity contribution in [2.45, 2.75) is 38.4 Å². The highest BCUT2D eigenvalue weighted by Gasteiger charge is 2.48. The van der Waals surface area contributed by atoms with Crippen LogP contribution in [-0.2, 0) is 11.3 Å². The van der Waals surface area contributed by atoms with Crippen LogP contribution < -0.4 is 0 Å². The number of amides is 2. The van der Waals surface area contributed by atoms with Crippen LogP contribution in [0, 0.1) is 6.92 Å². The van der Waals surface area contributed by atoms with Gasteiger partial charge in [-0.25, -0.2) is 4.98 Å². The van der Waals surface area contributed by atoms with Crippen molar-refractivity contribution in [2.75, 3.05) is 6.54 Å². The number of hydrogen-bond acceptors (Lipinski definition) is 5. The van der Waals surface area contributed by atoms with Crippen LogP contribution >= 0.6 is 11.3 Å². The molecule has 0 unspecified atom stereocenters. The lowest BCUT2D eigenvalue weighted by molar-refractivity contribution is -0.129. The number of thiazole rings is 1. The average Bonchev–Trinajstić information content (AvgIpc) is 3.26. The molecule has 0 N–H and O–H groups in total. The van der Waals surface area contributed by atoms with Gasteiger partial charge in [0.15, 0.2) is 0 Å². The number of aryl methyl sites for hydroxylation is 1. The van der Waals surface area contributed by atoms with Crippen LogP contribution in [0.1, 0.15) is 33.9 Å². The van der Waals surface area contributed by atoms with Gasteiger partial charge in [-0.1, -0.05) is 0 Å². The molecule has 2 aromatic rings. The van der Waals surface area contributed by atoms with E-state index in [1.807, 2.05) is 22.1 Å². The Hall–Kier alpha value is -2.28. The summed E-state index contributed by atoms with van der Waals surface area (Å²) in [6, 6.07) is 3.59. The van der Waals surface area contributed by atoms with E-state index in [0.717, 1.165) is 17.1 Å². The molecule has 2 aliphatic rings. The second-order valence-corrected chi connectivity index (χ2v) is 7.31. The number of rotatable bonds is 3. The summed E-state index contributed by atoms with van der Waals surface area (Å²) >= 11 is 1.60. The molecule has 2 atom stereocenters. The van der Waals surface area contributed by atoms with Crippen LogP contribution in [-0.4, -0.2) is 50.2 Å². The van der Waals surface area contributed by atoms with Gasteiger partial charge < -0.3 is 9.80 Å². The third-order valence-corrected chi connectivity index (χ3v) is 5.61. The first-order valence-electron chi connectivity index (χ1n) is 8.05. The van der Waals surface area contributed by atoms with Crippen molar-refractivity contribution in [1.29, 1.82) is 0 Å². The Morgan fingerprint density at radius 2 is 2.29 bits per heavy atom. The Morgan fingerprint density at radius 3 is 3.00 bits per heavy atom. The zero-order chi connectivity index (χ0) is 16.7. The Morgan fingerprint density at radius 1 is 1.42 bits per heavy atom. The molecule has 0 radical (unpaired) electrons. The van der Waals surface area contributed by atoms with Gasteiger partial charge in [-0.15, -0.1) is 11.3 Å². The number of fused-ring (bicyclic) bond motifs is 1. The van der Waals surface area contributed by atoms with Crippen molar-refractivity contribution in [3.05, 3.63) is 46.2 Å². The van der Waals surface area contributed by atoms with E-state index in [4.69, 9.17) is 0 Å². The summed E-state index contributed by atoms with van der Waals surface area (Å²) in [5.41, 5.74) is 1.52. The lowest BCUT2D eigenvalue weighted by Crippen LogP contribution is -2.39. The summed E-state index contributed by atoms with van der Waals surface area (Å²) in [5, 5.41) is 3.01. The minimum absolute atomic E-state index is 0.0326. The topological polar surface area (TPSA) is 66.4 Å². The highest BCUT2D eigenvalue weighted by atomic mass is 32.1. The molecule has 0 saturated carbocycles. The Bertz CT molecular complexity index is 776. The van der Waals surface area contributed by atoms with Gasteiger partial charge in [0.1, 0.15) is 0 Å². The van der Waals surface area contributed by atoms with E-state index in [1.54, 1.807) is 35.9 Å². The predicted molar refractivity (Wildman–Crippen MR) is 89.5 cm³/mol. The molecule has 6 nitrogen and oxygen atoms in total. The monoisotopic (exact) mass is 342 g/mol. The summed E-state index contributed by atoms with van der Waals surface area (Å²) in [6.07, 6.45) is 4.47. The number of hydrogen-bond donors (Lipinski definition) is 0. The van der Waals surface area contributed by atoms with Crippen LogP contribution in [0.5, 0.6) is 0 Å². The summed E-state index contributed by atoms with van der Waals surface area (Å²) in [6.45, 7) is 3.19. The second-order valence-electron chi connectivity index (χ2n) is 6.25. The molecule has 2 aliphatic heterocycles. The molecule has 4 rings (SSSR count). The lowest BCUT2D eigenvalue weighted by Gasteiger charge is -2.25. The molecule has 2 saturated heterocycles. The van der Waals surface area contributed by atoms with E-state index in [2.05, 4.69) is 9.97 Å². The molecule has 124 valence electrons. The molecule has 7 heteroatoms. The third-order valence-electron chi connectivity index (χ3n) is 4.78. The van der Waals surface area contributed by atoms with E-state index < -0.39 is 0 Å². The maximum absolute atomic E-state index is 12.7. The molecule has 24 heavy (non-hydrogen) atoms. The number of carbonyl (C=O) groups is 2. The normalized spacial score (nSPS) is 23.0. The molecule has 2 amide bonds. The summed E-state index contributed by atoms with van der Waals surface area (Å²) in [5.74, 6) is 0.0779. The Kier molecular flexibility index (Phi) is 3.80. The molecule has 2 aromatic heterocycles. The standard InChI is InChI=1S/C17H18N4O2S/c1-11-19-13(10-24-11)9-21-14-4-6-20(15(14)7-16(21)22)17(23)12-3-2-5-18-8-12/h2-3,5,8,10,14-15H,4,6-7,9H2,1H3/t14-,15+/m0/s1. The van der Waals surface area contributed by atoms with Gasteiger partial charge in [0, 0.05) is 30.7 Å². The van der Waals surface area contributed by atoms with Gasteiger partial charge in [-0.2, -0.15) is 0 Å². The predicted octanol–water partition coefficient (Wildman–Crippen LogP) is 1.86. The number of aromatic nitrogens is 2. The minimum Gasteiger partial charge on any atom is -0.333 e. The molecular formula is C17H18N4O2S. The summed E-state index contributed by atoms with van der Waals surface area (Å²) < 4.78 is 0. The van der Waals surface area contributed by atoms with Crippen LogP contribution in [0.25, 0.3) is 0 Å². The smallest absolute Gasteiger partial charge is 0.255 e. The van der Waals surface area contributed by atoms with Gasteiger partial charge in [-0.3, -0.25) is 14.6 Å². The van der Waals surface area contributed by atoms with Crippen molar-refractivity contribution in [3.8, 4) is 0 Å². The fraction of sp³-hybridized carbons (Fsp3) is 0.412. The Balaban J connectivity index is 1.52. The van der Waals surface area contributed by atoms with Crippen LogP contribution in [0.4, 0.5) is 0 Å². The second kappa shape index (κ2) is 5.98. The summed E-state index contributed by atoms with van der Waals surface area (Å²) in [7, 11) is 0. The zero-order valence-corrected chi connectivity index (χ0v) is 14.2. The van der Waals surface area contributed by atoms with Gasteiger partial charge in [0.25, 0.3) is 5.91 Å². The molecule has 0 aliphatic carbocycles. The SMILES string of the molecule is Cc1nc(CN2C(=O)C[C@@H]3[C@@H]2CCN3C(=O)c2cccnc2)cs1. The first kappa shape index (κ1) is 15.3. The third kappa shape index (κ3) is 2.58. The van der Waals surface area contributed by atoms with Crippen molar-refractivity contribution >= 4 is 23.2 Å². The fourth-order valence-electron chi connectivity index (χ4n) is 3.70. The average molecular weight is 342 g/mol. The van der Waals surface area contributed by atoms with Crippen molar-refractivity contribution < 1.29 is 9.59 Å². The van der Waals surface area contributed by atoms with E-state index in [1.165, 1.54) is 0 Å². The maximum atomic E-state index is 12.7. The van der Waals surface area contributed by atoms with Crippen molar-refractivity contribution in [1.82, 2.24) is 19.8 Å². The summed E-state index contributed by atoms with van der Waals surface area (Å²) in [4.78, 5) is 37.4. The molecule has 4 heterocycles. The molecule has 0 bridgehead atoms. The van der Waals surface area contributed by atoms with Crippen molar-refractivity contribution in [3.63, 3.8) is 0 Å². The quantitative estimate of drug-likeness (QED) is 0.854. The minimum atomic E-state index is -0.0371. The highest BCUT2D eigenvalue weighted by molar-refractivity contribution is 7.09. The van der Waals surface area contributed by atoms with Gasteiger partial charge >= 0.3 is 0 Å². The number of pyridine rings is 1. The fourth-order valence-corrected chi connectivity index (χ4v) is 4.30. The first-order valence-corrected chi connectivity index (χ1v) is 8.93. The Labute approximate surface area is 144 Å². The number of carbonyl (C=O) groups excluding carboxylic acids is 2. The first-order chi connectivity index (χ1) is 11.6. The van der Waals surface area contributed by atoms with Crippen molar-refractivity contribution in [2.24, 2.45) is 0 Å². The number of nitrogens with zero attached hydrogens (tertiary/aromatic N) is 4. The molecule has 2 fully saturated rings. The zero-order valence-electron chi connectivity index (χ0n) is 13.4. The van der Waals surface area contributed by atoms with E-state index >= 15 is 0 Å². The lowest BCUT2D eigenvalue weighted by atomic mass is 10.1. The van der Waals surface area contributed by atoms with Gasteiger partial charge in [-0.05, 0) is 25.5 Å². The van der Waals surface area contributed by atoms with Crippen LogP contribution in [0.15, 0.2) is 29.9 Å². The highest BCUT2D eigenvalue weighted by Crippen LogP contribution is 2.34. The molecule has 0 aromatic carbocycles. The van der Waals surface area contributed by atoms with Crippen LogP contribution in [0.2, 0.25) is 0 Å². The number of likely N-dealkylation sites (tertiary alicyclic amines) is 2. The van der Waals surface area contributed by atoms with Gasteiger partial charge in [0.2, 0.25) is 5.91 Å². The van der Waals surface area contributed by atoms with E-state index in [-0.39, 0.29) is 23.9 Å². The van der Waals surface area contributed by atoms with E-state index in [0.29, 0.717) is 25.1 Å². The van der Waals surface area contributed by atoms with Gasteiger partial charge in [0.05, 0.1) is 34.9 Å². The largest absolute Gasteiger partial charge is 0.333 e.